The summed E-state index contributed by atoms with van der Waals surface area (Å²) in [5, 5.41) is 5.52. The predicted molar refractivity (Wildman–Crippen MR) is 112 cm³/mol. The van der Waals surface area contributed by atoms with Crippen LogP contribution >= 0.6 is 11.3 Å². The van der Waals surface area contributed by atoms with Crippen LogP contribution < -0.4 is 5.32 Å². The maximum Gasteiger partial charge on any atom is 0.325 e. The summed E-state index contributed by atoms with van der Waals surface area (Å²) in [5.41, 5.74) is 2.97. The molecule has 8 heteroatoms. The van der Waals surface area contributed by atoms with E-state index in [2.05, 4.69) is 10.3 Å². The molecule has 1 aliphatic carbocycles. The topological polar surface area (TPSA) is 84.3 Å². The van der Waals surface area contributed by atoms with Crippen LogP contribution in [-0.4, -0.2) is 38.7 Å². The van der Waals surface area contributed by atoms with Crippen LogP contribution in [0.25, 0.3) is 5.13 Å². The van der Waals surface area contributed by atoms with E-state index < -0.39 is 11.6 Å². The Hall–Kier alpha value is -3.26. The van der Waals surface area contributed by atoms with Gasteiger partial charge in [-0.1, -0.05) is 24.3 Å². The van der Waals surface area contributed by atoms with Crippen molar-refractivity contribution in [3.63, 3.8) is 0 Å². The first-order valence-electron chi connectivity index (χ1n) is 9.77. The molecular formula is C22H20N4O3S. The molecule has 1 aliphatic heterocycles. The highest BCUT2D eigenvalue weighted by atomic mass is 32.1. The van der Waals surface area contributed by atoms with Gasteiger partial charge in [-0.2, -0.15) is 0 Å². The van der Waals surface area contributed by atoms with Crippen molar-refractivity contribution in [2.75, 3.05) is 6.54 Å². The summed E-state index contributed by atoms with van der Waals surface area (Å²) < 4.78 is 1.92. The van der Waals surface area contributed by atoms with Crippen LogP contribution in [0.2, 0.25) is 0 Å². The number of benzene rings is 1. The fraction of sp³-hybridized carbons (Fsp3) is 0.273. The number of imide groups is 1. The average molecular weight is 420 g/mol. The number of aromatic nitrogens is 2. The highest BCUT2D eigenvalue weighted by Gasteiger charge is 2.55. The fourth-order valence-corrected chi connectivity index (χ4v) is 5.38. The molecule has 0 radical (unpaired) electrons. The van der Waals surface area contributed by atoms with E-state index in [1.807, 2.05) is 48.1 Å². The summed E-state index contributed by atoms with van der Waals surface area (Å²) in [6.07, 6.45) is 2.95. The van der Waals surface area contributed by atoms with Crippen molar-refractivity contribution >= 4 is 29.1 Å². The molecule has 1 atom stereocenters. The smallest absolute Gasteiger partial charge is 0.319 e. The lowest BCUT2D eigenvalue weighted by molar-refractivity contribution is -0.131. The first-order chi connectivity index (χ1) is 14.4. The molecule has 5 rings (SSSR count). The van der Waals surface area contributed by atoms with Crippen molar-refractivity contribution in [2.45, 2.75) is 32.2 Å². The summed E-state index contributed by atoms with van der Waals surface area (Å²) in [6, 6.07) is 8.93. The maximum atomic E-state index is 13.3. The molecule has 1 unspecified atom stereocenters. The van der Waals surface area contributed by atoms with Gasteiger partial charge in [0.15, 0.2) is 10.9 Å². The van der Waals surface area contributed by atoms with Crippen LogP contribution in [0.15, 0.2) is 41.9 Å². The number of urea groups is 1. The Bertz CT molecular complexity index is 1200. The zero-order valence-corrected chi connectivity index (χ0v) is 17.5. The molecule has 3 aromatic rings. The third-order valence-electron chi connectivity index (χ3n) is 6.07. The largest absolute Gasteiger partial charge is 0.325 e. The number of rotatable bonds is 4. The number of hydrogen-bond donors (Lipinski definition) is 1. The minimum Gasteiger partial charge on any atom is -0.319 e. The number of fused-ring (bicyclic) bond motifs is 2. The van der Waals surface area contributed by atoms with E-state index >= 15 is 0 Å². The third-order valence-corrected chi connectivity index (χ3v) is 6.82. The van der Waals surface area contributed by atoms with Crippen LogP contribution in [0.3, 0.4) is 0 Å². The second-order valence-electron chi connectivity index (χ2n) is 7.74. The normalized spacial score (nSPS) is 20.1. The minimum atomic E-state index is -1.05. The van der Waals surface area contributed by atoms with Gasteiger partial charge in [0.25, 0.3) is 5.91 Å². The van der Waals surface area contributed by atoms with Gasteiger partial charge in [0.05, 0.1) is 6.54 Å². The summed E-state index contributed by atoms with van der Waals surface area (Å²) in [6.45, 7) is 3.47. The van der Waals surface area contributed by atoms with E-state index in [1.165, 1.54) is 11.3 Å². The Labute approximate surface area is 177 Å². The number of ketones is 1. The number of carbonyl (C=O) groups excluding carboxylic acids is 3. The molecule has 3 heterocycles. The van der Waals surface area contributed by atoms with Gasteiger partial charge < -0.3 is 5.32 Å². The Morgan fingerprint density at radius 1 is 1.27 bits per heavy atom. The Kier molecular flexibility index (Phi) is 4.14. The summed E-state index contributed by atoms with van der Waals surface area (Å²) in [4.78, 5) is 44.5. The molecule has 1 spiro atoms. The lowest BCUT2D eigenvalue weighted by atomic mass is 9.92. The van der Waals surface area contributed by atoms with Gasteiger partial charge in [-0.3, -0.25) is 19.1 Å². The average Bonchev–Trinajstić information content (AvgIpc) is 3.48. The van der Waals surface area contributed by atoms with Crippen molar-refractivity contribution in [1.82, 2.24) is 19.8 Å². The van der Waals surface area contributed by atoms with Crippen molar-refractivity contribution in [1.29, 1.82) is 0 Å². The molecule has 152 valence electrons. The Morgan fingerprint density at radius 2 is 2.07 bits per heavy atom. The number of nitrogens with one attached hydrogen (secondary N) is 1. The van der Waals surface area contributed by atoms with Crippen LogP contribution in [0.5, 0.6) is 0 Å². The third kappa shape index (κ3) is 2.56. The first-order valence-corrected chi connectivity index (χ1v) is 10.6. The molecule has 2 aromatic heterocycles. The number of nitrogens with zero attached hydrogens (tertiary/aromatic N) is 3. The van der Waals surface area contributed by atoms with Crippen molar-refractivity contribution in [3.05, 3.63) is 70.0 Å². The molecule has 7 nitrogen and oxygen atoms in total. The van der Waals surface area contributed by atoms with E-state index in [0.29, 0.717) is 12.0 Å². The summed E-state index contributed by atoms with van der Waals surface area (Å²) in [5.74, 6) is -0.614. The van der Waals surface area contributed by atoms with E-state index in [-0.39, 0.29) is 18.2 Å². The molecular weight excluding hydrogens is 400 g/mol. The zero-order valence-electron chi connectivity index (χ0n) is 16.6. The van der Waals surface area contributed by atoms with Crippen molar-refractivity contribution in [2.24, 2.45) is 0 Å². The fourth-order valence-electron chi connectivity index (χ4n) is 4.63. The molecule has 1 aromatic carbocycles. The van der Waals surface area contributed by atoms with Crippen LogP contribution in [0.4, 0.5) is 4.79 Å². The predicted octanol–water partition coefficient (Wildman–Crippen LogP) is 3.13. The van der Waals surface area contributed by atoms with Gasteiger partial charge in [0.1, 0.15) is 5.54 Å². The molecule has 1 saturated heterocycles. The van der Waals surface area contributed by atoms with Crippen molar-refractivity contribution in [3.8, 4) is 5.13 Å². The van der Waals surface area contributed by atoms with Gasteiger partial charge in [0.2, 0.25) is 0 Å². The lowest BCUT2D eigenvalue weighted by Gasteiger charge is -2.22. The van der Waals surface area contributed by atoms with Crippen LogP contribution in [0.1, 0.15) is 39.3 Å². The maximum absolute atomic E-state index is 13.3. The number of Topliss-reactive ketones (excluding diaryl/α,β-unsaturated/α-hetero) is 1. The van der Waals surface area contributed by atoms with Crippen molar-refractivity contribution < 1.29 is 14.4 Å². The summed E-state index contributed by atoms with van der Waals surface area (Å²) >= 11 is 1.48. The lowest BCUT2D eigenvalue weighted by Crippen LogP contribution is -2.42. The second kappa shape index (κ2) is 6.63. The standard InChI is InChI=1S/C22H20N4O3S/c1-13-11-16(14(2)26(13)21-23-9-10-30-21)18(27)12-25-19(28)22(24-20(25)29)8-7-15-5-3-4-6-17(15)22/h3-6,9-11H,7-8,12H2,1-2H3,(H,24,29). The number of thiazole rings is 1. The van der Waals surface area contributed by atoms with Gasteiger partial charge >= 0.3 is 6.03 Å². The molecule has 0 saturated carbocycles. The number of aryl methyl sites for hydroxylation is 2. The van der Waals surface area contributed by atoms with Crippen LogP contribution in [-0.2, 0) is 16.8 Å². The Morgan fingerprint density at radius 3 is 2.83 bits per heavy atom. The van der Waals surface area contributed by atoms with E-state index in [0.717, 1.165) is 39.0 Å². The first kappa shape index (κ1) is 18.7. The highest BCUT2D eigenvalue weighted by Crippen LogP contribution is 2.41. The summed E-state index contributed by atoms with van der Waals surface area (Å²) in [7, 11) is 0. The molecule has 0 bridgehead atoms. The van der Waals surface area contributed by atoms with E-state index in [9.17, 15) is 14.4 Å². The van der Waals surface area contributed by atoms with Gasteiger partial charge in [0, 0.05) is 28.5 Å². The monoisotopic (exact) mass is 420 g/mol. The quantitative estimate of drug-likeness (QED) is 0.519. The zero-order chi connectivity index (χ0) is 21.0. The second-order valence-corrected chi connectivity index (χ2v) is 8.62. The molecule has 1 fully saturated rings. The Balaban J connectivity index is 1.44. The molecule has 2 aliphatic rings. The SMILES string of the molecule is Cc1cc(C(=O)CN2C(=O)NC3(CCc4ccccc43)C2=O)c(C)n1-c1nccs1. The number of hydrogen-bond acceptors (Lipinski definition) is 5. The molecule has 30 heavy (non-hydrogen) atoms. The minimum absolute atomic E-state index is 0.266. The van der Waals surface area contributed by atoms with E-state index in [4.69, 9.17) is 0 Å². The van der Waals surface area contributed by atoms with Gasteiger partial charge in [-0.05, 0) is 43.9 Å². The number of amides is 3. The van der Waals surface area contributed by atoms with E-state index in [1.54, 1.807) is 12.3 Å². The molecule has 1 N–H and O–H groups in total. The van der Waals surface area contributed by atoms with Gasteiger partial charge in [-0.15, -0.1) is 11.3 Å². The van der Waals surface area contributed by atoms with Gasteiger partial charge in [-0.25, -0.2) is 9.78 Å². The van der Waals surface area contributed by atoms with Crippen LogP contribution in [0, 0.1) is 13.8 Å². The number of carbonyl (C=O) groups is 3. The highest BCUT2D eigenvalue weighted by molar-refractivity contribution is 7.12. The molecule has 3 amide bonds.